The molecule has 6 rings (SSSR count). The first-order valence-electron chi connectivity index (χ1n) is 14.4. The van der Waals surface area contributed by atoms with Gasteiger partial charge in [0.25, 0.3) is 17.7 Å². The summed E-state index contributed by atoms with van der Waals surface area (Å²) in [5.74, 6) is -0.572. The van der Waals surface area contributed by atoms with Crippen LogP contribution in [0.4, 0.5) is 11.4 Å². The maximum atomic E-state index is 13.8. The third kappa shape index (κ3) is 5.35. The summed E-state index contributed by atoms with van der Waals surface area (Å²) in [6.07, 6.45) is 5.54. The number of nitrogens with zero attached hydrogens (tertiary/aromatic N) is 2. The molecule has 1 aliphatic heterocycles. The van der Waals surface area contributed by atoms with Crippen molar-refractivity contribution in [2.75, 3.05) is 17.3 Å². The van der Waals surface area contributed by atoms with Crippen LogP contribution in [0.3, 0.4) is 0 Å². The zero-order chi connectivity index (χ0) is 31.1. The van der Waals surface area contributed by atoms with Crippen LogP contribution in [-0.4, -0.2) is 34.5 Å². The van der Waals surface area contributed by atoms with E-state index in [0.717, 1.165) is 58.9 Å². The van der Waals surface area contributed by atoms with E-state index in [-0.39, 0.29) is 16.6 Å². The summed E-state index contributed by atoms with van der Waals surface area (Å²) in [5.41, 5.74) is 6.58. The molecular formula is C34H32N4O4S2. The highest BCUT2D eigenvalue weighted by Gasteiger charge is 2.35. The molecule has 10 heteroatoms. The molecule has 2 N–H and O–H groups in total. The monoisotopic (exact) mass is 624 g/mol. The number of amides is 3. The van der Waals surface area contributed by atoms with Crippen LogP contribution < -0.4 is 20.3 Å². The van der Waals surface area contributed by atoms with Crippen LogP contribution in [0.2, 0.25) is 0 Å². The molecule has 0 saturated carbocycles. The second kappa shape index (κ2) is 11.9. The Bertz CT molecular complexity index is 1850. The minimum absolute atomic E-state index is 0.0150. The van der Waals surface area contributed by atoms with E-state index in [9.17, 15) is 14.4 Å². The Morgan fingerprint density at radius 1 is 1.02 bits per heavy atom. The SMILES string of the molecule is COc1ccc(N2C(=O)/C(=C/c3cc(C)n(-c4sc5c(c4C(=O)Nc4ccc(C)cc4)CCCC5)c3C)C(=O)NC2=S)cc1. The standard InChI is InChI=1S/C34H32N4O4S2/c1-19-9-11-23(12-10-19)35-31(40)29-26-7-5-6-8-28(26)44-33(29)37-20(2)17-22(21(37)3)18-27-30(39)36-34(43)38(32(27)41)24-13-15-25(42-4)16-14-24/h9-18H,5-8H2,1-4H3,(H,35,40)(H,36,39,43)/b27-18+. The van der Waals surface area contributed by atoms with E-state index in [1.54, 1.807) is 48.8 Å². The number of nitrogens with one attached hydrogen (secondary N) is 2. The number of aryl methyl sites for hydroxylation is 3. The molecule has 44 heavy (non-hydrogen) atoms. The molecule has 1 saturated heterocycles. The number of aromatic nitrogens is 1. The molecule has 8 nitrogen and oxygen atoms in total. The van der Waals surface area contributed by atoms with Gasteiger partial charge in [0.1, 0.15) is 16.3 Å². The van der Waals surface area contributed by atoms with Gasteiger partial charge in [-0.3, -0.25) is 24.6 Å². The highest BCUT2D eigenvalue weighted by molar-refractivity contribution is 7.80. The molecule has 0 spiro atoms. The number of hydrogen-bond acceptors (Lipinski definition) is 6. The van der Waals surface area contributed by atoms with E-state index in [0.29, 0.717) is 22.6 Å². The Morgan fingerprint density at radius 2 is 1.73 bits per heavy atom. The summed E-state index contributed by atoms with van der Waals surface area (Å²) in [5, 5.41) is 6.62. The fraction of sp³-hybridized carbons (Fsp3) is 0.235. The smallest absolute Gasteiger partial charge is 0.270 e. The van der Waals surface area contributed by atoms with Crippen LogP contribution in [0.25, 0.3) is 11.1 Å². The number of fused-ring (bicyclic) bond motifs is 1. The number of ether oxygens (including phenoxy) is 1. The van der Waals surface area contributed by atoms with E-state index < -0.39 is 11.8 Å². The first kappa shape index (κ1) is 29.5. The fourth-order valence-electron chi connectivity index (χ4n) is 5.80. The van der Waals surface area contributed by atoms with Gasteiger partial charge in [-0.25, -0.2) is 0 Å². The number of carbonyl (C=O) groups excluding carboxylic acids is 3. The Labute approximate surface area is 265 Å². The van der Waals surface area contributed by atoms with E-state index in [2.05, 4.69) is 15.2 Å². The highest BCUT2D eigenvalue weighted by Crippen LogP contribution is 2.39. The van der Waals surface area contributed by atoms with Gasteiger partial charge in [0.05, 0.1) is 18.4 Å². The van der Waals surface area contributed by atoms with Crippen molar-refractivity contribution in [1.82, 2.24) is 9.88 Å². The normalized spacial score (nSPS) is 15.8. The number of carbonyl (C=O) groups is 3. The van der Waals surface area contributed by atoms with Gasteiger partial charge in [-0.2, -0.15) is 0 Å². The van der Waals surface area contributed by atoms with Gasteiger partial charge in [0, 0.05) is 22.0 Å². The molecule has 4 aromatic rings. The summed E-state index contributed by atoms with van der Waals surface area (Å²) >= 11 is 7.01. The summed E-state index contributed by atoms with van der Waals surface area (Å²) < 4.78 is 7.30. The molecule has 3 amide bonds. The molecule has 1 fully saturated rings. The number of methoxy groups -OCH3 is 1. The van der Waals surface area contributed by atoms with Crippen LogP contribution in [0.1, 0.15) is 56.2 Å². The van der Waals surface area contributed by atoms with Crippen LogP contribution >= 0.6 is 23.6 Å². The zero-order valence-corrected chi connectivity index (χ0v) is 26.6. The Morgan fingerprint density at radius 3 is 2.43 bits per heavy atom. The number of thiocarbonyl (C=S) groups is 1. The minimum Gasteiger partial charge on any atom is -0.497 e. The van der Waals surface area contributed by atoms with Crippen molar-refractivity contribution < 1.29 is 19.1 Å². The van der Waals surface area contributed by atoms with Gasteiger partial charge in [0.15, 0.2) is 5.11 Å². The van der Waals surface area contributed by atoms with Crippen LogP contribution in [-0.2, 0) is 22.4 Å². The van der Waals surface area contributed by atoms with Crippen molar-refractivity contribution in [2.45, 2.75) is 46.5 Å². The predicted octanol–water partition coefficient (Wildman–Crippen LogP) is 6.44. The molecule has 0 unspecified atom stereocenters. The van der Waals surface area contributed by atoms with Crippen molar-refractivity contribution in [3.8, 4) is 10.8 Å². The van der Waals surface area contributed by atoms with Gasteiger partial charge < -0.3 is 14.6 Å². The minimum atomic E-state index is -0.556. The molecular weight excluding hydrogens is 593 g/mol. The van der Waals surface area contributed by atoms with Crippen molar-refractivity contribution in [3.05, 3.63) is 98.7 Å². The maximum Gasteiger partial charge on any atom is 0.270 e. The second-order valence-corrected chi connectivity index (χ2v) is 12.5. The summed E-state index contributed by atoms with van der Waals surface area (Å²) in [4.78, 5) is 43.1. The van der Waals surface area contributed by atoms with E-state index >= 15 is 0 Å². The first-order valence-corrected chi connectivity index (χ1v) is 15.7. The second-order valence-electron chi connectivity index (χ2n) is 11.0. The lowest BCUT2D eigenvalue weighted by Crippen LogP contribution is -2.54. The van der Waals surface area contributed by atoms with E-state index in [1.807, 2.05) is 51.1 Å². The molecule has 1 aliphatic carbocycles. The van der Waals surface area contributed by atoms with E-state index in [1.165, 1.54) is 9.78 Å². The highest BCUT2D eigenvalue weighted by atomic mass is 32.1. The van der Waals surface area contributed by atoms with Gasteiger partial charge in [-0.05, 0) is 118 Å². The Hall–Kier alpha value is -4.54. The van der Waals surface area contributed by atoms with Crippen molar-refractivity contribution >= 4 is 63.8 Å². The summed E-state index contributed by atoms with van der Waals surface area (Å²) in [7, 11) is 1.56. The zero-order valence-electron chi connectivity index (χ0n) is 24.9. The fourth-order valence-corrected chi connectivity index (χ4v) is 7.58. The Balaban J connectivity index is 1.39. The van der Waals surface area contributed by atoms with Gasteiger partial charge in [-0.15, -0.1) is 11.3 Å². The van der Waals surface area contributed by atoms with Gasteiger partial charge in [-0.1, -0.05) is 17.7 Å². The number of benzene rings is 2. The molecule has 3 heterocycles. The summed E-state index contributed by atoms with van der Waals surface area (Å²) in [6.45, 7) is 5.92. The van der Waals surface area contributed by atoms with Crippen molar-refractivity contribution in [1.29, 1.82) is 0 Å². The average molecular weight is 625 g/mol. The number of anilines is 2. The number of hydrogen-bond donors (Lipinski definition) is 2. The topological polar surface area (TPSA) is 92.7 Å². The Kier molecular flexibility index (Phi) is 7.96. The lowest BCUT2D eigenvalue weighted by Gasteiger charge is -2.29. The van der Waals surface area contributed by atoms with Crippen LogP contribution in [0.15, 0.2) is 60.2 Å². The predicted molar refractivity (Wildman–Crippen MR) is 178 cm³/mol. The van der Waals surface area contributed by atoms with Gasteiger partial charge in [0.2, 0.25) is 0 Å². The molecule has 0 radical (unpaired) electrons. The largest absolute Gasteiger partial charge is 0.497 e. The molecule has 2 aliphatic rings. The molecule has 0 atom stereocenters. The third-order valence-corrected chi connectivity index (χ3v) is 9.66. The maximum absolute atomic E-state index is 13.8. The lowest BCUT2D eigenvalue weighted by molar-refractivity contribution is -0.122. The molecule has 2 aromatic carbocycles. The third-order valence-electron chi connectivity index (χ3n) is 8.09. The van der Waals surface area contributed by atoms with Crippen molar-refractivity contribution in [3.63, 3.8) is 0 Å². The number of rotatable bonds is 6. The summed E-state index contributed by atoms with van der Waals surface area (Å²) in [6, 6.07) is 16.6. The molecule has 224 valence electrons. The quantitative estimate of drug-likeness (QED) is 0.146. The van der Waals surface area contributed by atoms with Crippen LogP contribution in [0, 0.1) is 20.8 Å². The van der Waals surface area contributed by atoms with E-state index in [4.69, 9.17) is 17.0 Å². The van der Waals surface area contributed by atoms with Crippen molar-refractivity contribution in [2.24, 2.45) is 0 Å². The van der Waals surface area contributed by atoms with Crippen LogP contribution in [0.5, 0.6) is 5.75 Å². The lowest BCUT2D eigenvalue weighted by atomic mass is 9.95. The van der Waals surface area contributed by atoms with Gasteiger partial charge >= 0.3 is 0 Å². The first-order chi connectivity index (χ1) is 21.2. The molecule has 0 bridgehead atoms. The molecule has 2 aromatic heterocycles. The average Bonchev–Trinajstić information content (AvgIpc) is 3.52. The number of thiophene rings is 1.